The molecule has 0 aliphatic carbocycles. The molecule has 0 saturated carbocycles. The normalized spacial score (nSPS) is 12.8. The van der Waals surface area contributed by atoms with Gasteiger partial charge in [0, 0.05) is 16.6 Å². The monoisotopic (exact) mass is 445 g/mol. The zero-order valence-electron chi connectivity index (χ0n) is 13.6. The minimum atomic E-state index is -5.65. The molecule has 0 spiro atoms. The number of hydrogen-bond donors (Lipinski definition) is 5. The minimum absolute atomic E-state index is 0.0727. The van der Waals surface area contributed by atoms with Crippen molar-refractivity contribution in [3.05, 3.63) is 33.8 Å². The van der Waals surface area contributed by atoms with Crippen molar-refractivity contribution in [2.24, 2.45) is 0 Å². The maximum atomic E-state index is 13.7. The highest BCUT2D eigenvalue weighted by atomic mass is 79.9. The Bertz CT molecular complexity index is 678. The van der Waals surface area contributed by atoms with Gasteiger partial charge in [0.25, 0.3) is 0 Å². The molecule has 0 atom stereocenters. The number of benzene rings is 1. The lowest BCUT2D eigenvalue weighted by Crippen LogP contribution is -2.46. The molecule has 0 saturated heterocycles. The zero-order chi connectivity index (χ0) is 19.5. The Morgan fingerprint density at radius 1 is 1.32 bits per heavy atom. The van der Waals surface area contributed by atoms with E-state index in [9.17, 15) is 18.1 Å². The summed E-state index contributed by atoms with van der Waals surface area (Å²) < 4.78 is 38.2. The van der Waals surface area contributed by atoms with Crippen LogP contribution in [0.15, 0.2) is 22.7 Å². The standard InChI is InChI=1S/C13H19BrF2N3O5P/c1-12(2,3)24-19-11(20)18-17-7-8-4-5-9(10(14)6-8)13(15,16)25(21,22)23/h4-6,17H,7H2,1-3H3,(H2,18,19,20)(H2,21,22,23). The lowest BCUT2D eigenvalue weighted by atomic mass is 10.1. The molecule has 142 valence electrons. The summed E-state index contributed by atoms with van der Waals surface area (Å²) in [4.78, 5) is 34.0. The summed E-state index contributed by atoms with van der Waals surface area (Å²) in [5.74, 6) is 0. The molecule has 0 aliphatic rings. The number of hydroxylamine groups is 1. The molecule has 1 aromatic rings. The molecule has 0 bridgehead atoms. The highest BCUT2D eigenvalue weighted by Gasteiger charge is 2.51. The number of amides is 2. The van der Waals surface area contributed by atoms with E-state index < -0.39 is 30.5 Å². The van der Waals surface area contributed by atoms with Crippen LogP contribution in [-0.4, -0.2) is 21.4 Å². The van der Waals surface area contributed by atoms with Gasteiger partial charge in [-0.15, -0.1) is 0 Å². The maximum Gasteiger partial charge on any atom is 0.399 e. The van der Waals surface area contributed by atoms with E-state index in [1.807, 2.05) is 0 Å². The predicted octanol–water partition coefficient (Wildman–Crippen LogP) is 2.71. The fourth-order valence-corrected chi connectivity index (χ4v) is 2.86. The zero-order valence-corrected chi connectivity index (χ0v) is 16.1. The Hall–Kier alpha value is -1.10. The number of carbonyl (C=O) groups is 1. The van der Waals surface area contributed by atoms with Crippen molar-refractivity contribution in [1.29, 1.82) is 0 Å². The van der Waals surface area contributed by atoms with E-state index in [4.69, 9.17) is 14.6 Å². The van der Waals surface area contributed by atoms with E-state index in [1.54, 1.807) is 20.8 Å². The smallest absolute Gasteiger partial charge is 0.320 e. The van der Waals surface area contributed by atoms with Gasteiger partial charge in [0.1, 0.15) is 0 Å². The Labute approximate surface area is 151 Å². The first-order valence-electron chi connectivity index (χ1n) is 6.93. The Balaban J connectivity index is 2.64. The van der Waals surface area contributed by atoms with E-state index in [2.05, 4.69) is 32.3 Å². The number of nitrogens with one attached hydrogen (secondary N) is 3. The summed E-state index contributed by atoms with van der Waals surface area (Å²) in [6.07, 6.45) is 0. The SMILES string of the molecule is CC(C)(C)ONC(=O)NNCc1ccc(C(F)(F)P(=O)(O)O)c(Br)c1. The summed E-state index contributed by atoms with van der Waals surface area (Å²) >= 11 is 2.87. The second-order valence-electron chi connectivity index (χ2n) is 6.02. The topological polar surface area (TPSA) is 120 Å². The maximum absolute atomic E-state index is 13.7. The van der Waals surface area contributed by atoms with Gasteiger partial charge in [0.2, 0.25) is 0 Å². The van der Waals surface area contributed by atoms with Crippen molar-refractivity contribution < 1.29 is 32.8 Å². The van der Waals surface area contributed by atoms with Gasteiger partial charge in [-0.1, -0.05) is 28.1 Å². The molecule has 2 amide bonds. The van der Waals surface area contributed by atoms with Crippen LogP contribution in [0.1, 0.15) is 31.9 Å². The van der Waals surface area contributed by atoms with Gasteiger partial charge in [-0.2, -0.15) is 8.78 Å². The first kappa shape index (κ1) is 21.9. The number of hydrogen-bond acceptors (Lipinski definition) is 4. The van der Waals surface area contributed by atoms with Crippen LogP contribution in [0.4, 0.5) is 13.6 Å². The third kappa shape index (κ3) is 6.61. The Kier molecular flexibility index (Phi) is 7.08. The van der Waals surface area contributed by atoms with Crippen LogP contribution in [0.3, 0.4) is 0 Å². The van der Waals surface area contributed by atoms with Gasteiger partial charge in [-0.05, 0) is 32.4 Å². The number of rotatable bonds is 6. The first-order chi connectivity index (χ1) is 11.2. The molecule has 0 aromatic heterocycles. The van der Waals surface area contributed by atoms with Gasteiger partial charge in [0.15, 0.2) is 0 Å². The van der Waals surface area contributed by atoms with E-state index >= 15 is 0 Å². The van der Waals surface area contributed by atoms with Crippen molar-refractivity contribution >= 4 is 29.6 Å². The van der Waals surface area contributed by atoms with Crippen molar-refractivity contribution in [3.63, 3.8) is 0 Å². The van der Waals surface area contributed by atoms with Crippen molar-refractivity contribution in [2.45, 2.75) is 38.6 Å². The molecule has 0 unspecified atom stereocenters. The van der Waals surface area contributed by atoms with Crippen LogP contribution < -0.4 is 16.3 Å². The molecular weight excluding hydrogens is 427 g/mol. The van der Waals surface area contributed by atoms with Crippen molar-refractivity contribution in [1.82, 2.24) is 16.3 Å². The summed E-state index contributed by atoms with van der Waals surface area (Å²) in [5.41, 5.74) is 1.77. The van der Waals surface area contributed by atoms with Crippen LogP contribution >= 0.6 is 23.5 Å². The second kappa shape index (κ2) is 8.07. The number of halogens is 3. The summed E-state index contributed by atoms with van der Waals surface area (Å²) in [6, 6.07) is 2.76. The summed E-state index contributed by atoms with van der Waals surface area (Å²) in [7, 11) is -5.65. The van der Waals surface area contributed by atoms with Gasteiger partial charge in [0.05, 0.1) is 5.60 Å². The van der Waals surface area contributed by atoms with Gasteiger partial charge >= 0.3 is 19.3 Å². The third-order valence-corrected chi connectivity index (χ3v) is 4.30. The fourth-order valence-electron chi connectivity index (χ4n) is 1.52. The van der Waals surface area contributed by atoms with Crippen LogP contribution in [0.5, 0.6) is 0 Å². The van der Waals surface area contributed by atoms with Crippen LogP contribution in [0, 0.1) is 0 Å². The van der Waals surface area contributed by atoms with Crippen molar-refractivity contribution in [2.75, 3.05) is 0 Å². The second-order valence-corrected chi connectivity index (χ2v) is 8.53. The van der Waals surface area contributed by atoms with E-state index in [-0.39, 0.29) is 11.0 Å². The van der Waals surface area contributed by atoms with Crippen molar-refractivity contribution in [3.8, 4) is 0 Å². The lowest BCUT2D eigenvalue weighted by Gasteiger charge is -2.20. The largest absolute Gasteiger partial charge is 0.399 e. The molecular formula is C13H19BrF2N3O5P. The van der Waals surface area contributed by atoms with Gasteiger partial charge in [-0.25, -0.2) is 15.7 Å². The van der Waals surface area contributed by atoms with Gasteiger partial charge < -0.3 is 9.79 Å². The molecule has 8 nitrogen and oxygen atoms in total. The number of urea groups is 1. The quantitative estimate of drug-likeness (QED) is 0.339. The van der Waals surface area contributed by atoms with E-state index in [1.165, 1.54) is 12.1 Å². The Morgan fingerprint density at radius 3 is 2.40 bits per heavy atom. The summed E-state index contributed by atoms with van der Waals surface area (Å²) in [6.45, 7) is 5.30. The van der Waals surface area contributed by atoms with Gasteiger partial charge in [-0.3, -0.25) is 14.8 Å². The molecule has 25 heavy (non-hydrogen) atoms. The molecule has 1 aromatic carbocycles. The van der Waals surface area contributed by atoms with Crippen LogP contribution in [0.2, 0.25) is 0 Å². The first-order valence-corrected chi connectivity index (χ1v) is 9.34. The highest BCUT2D eigenvalue weighted by molar-refractivity contribution is 9.10. The van der Waals surface area contributed by atoms with Crippen LogP contribution in [-0.2, 0) is 21.6 Å². The fraction of sp³-hybridized carbons (Fsp3) is 0.462. The molecule has 0 fully saturated rings. The molecule has 0 heterocycles. The molecule has 5 N–H and O–H groups in total. The average molecular weight is 446 g/mol. The molecule has 0 aliphatic heterocycles. The number of carbonyl (C=O) groups excluding carboxylic acids is 1. The van der Waals surface area contributed by atoms with E-state index in [0.29, 0.717) is 5.56 Å². The summed E-state index contributed by atoms with van der Waals surface area (Å²) in [5, 5.41) is 0. The molecule has 0 radical (unpaired) electrons. The average Bonchev–Trinajstić information content (AvgIpc) is 2.43. The Morgan fingerprint density at radius 2 is 1.92 bits per heavy atom. The molecule has 12 heteroatoms. The third-order valence-electron chi connectivity index (χ3n) is 2.67. The van der Waals surface area contributed by atoms with Crippen LogP contribution in [0.25, 0.3) is 0 Å². The molecule has 1 rings (SSSR count). The number of alkyl halides is 2. The lowest BCUT2D eigenvalue weighted by molar-refractivity contribution is -0.0533. The van der Waals surface area contributed by atoms with E-state index in [0.717, 1.165) is 6.07 Å². The number of hydrazine groups is 1. The highest BCUT2D eigenvalue weighted by Crippen LogP contribution is 2.60. The predicted molar refractivity (Wildman–Crippen MR) is 89.4 cm³/mol. The minimum Gasteiger partial charge on any atom is -0.320 e.